The smallest absolute Gasteiger partial charge is 0.143 e. The van der Waals surface area contributed by atoms with Gasteiger partial charge in [-0.3, -0.25) is 0 Å². The molecule has 0 radical (unpaired) electrons. The van der Waals surface area contributed by atoms with E-state index in [1.54, 1.807) is 0 Å². The van der Waals surface area contributed by atoms with Crippen LogP contribution in [0.5, 0.6) is 0 Å². The number of allylic oxidation sites excluding steroid dienone is 6. The van der Waals surface area contributed by atoms with Gasteiger partial charge < -0.3 is 13.4 Å². The van der Waals surface area contributed by atoms with Gasteiger partial charge in [-0.05, 0) is 99.8 Å². The van der Waals surface area contributed by atoms with Crippen LogP contribution >= 0.6 is 0 Å². The van der Waals surface area contributed by atoms with Gasteiger partial charge in [-0.25, -0.2) is 0 Å². The minimum Gasteiger partial charge on any atom is -0.455 e. The summed E-state index contributed by atoms with van der Waals surface area (Å²) in [6.07, 6.45) is 12.2. The summed E-state index contributed by atoms with van der Waals surface area (Å²) in [7, 11) is 0. The molecule has 2 aliphatic carbocycles. The fourth-order valence-corrected chi connectivity index (χ4v) is 10.7. The van der Waals surface area contributed by atoms with Crippen LogP contribution in [0.1, 0.15) is 40.3 Å². The molecule has 13 rings (SSSR count). The van der Waals surface area contributed by atoms with E-state index in [0.717, 1.165) is 100 Å². The van der Waals surface area contributed by atoms with Gasteiger partial charge >= 0.3 is 0 Å². The molecule has 0 amide bonds. The van der Waals surface area contributed by atoms with Crippen LogP contribution in [-0.4, -0.2) is 4.57 Å². The van der Waals surface area contributed by atoms with Gasteiger partial charge in [0.15, 0.2) is 0 Å². The Morgan fingerprint density at radius 1 is 0.578 bits per heavy atom. The number of furan rings is 2. The van der Waals surface area contributed by atoms with Crippen LogP contribution in [0.4, 0.5) is 0 Å². The van der Waals surface area contributed by atoms with E-state index in [1.807, 2.05) is 24.3 Å². The van der Waals surface area contributed by atoms with Crippen LogP contribution in [0, 0.1) is 6.92 Å². The summed E-state index contributed by atoms with van der Waals surface area (Å²) in [6, 6.07) is 61.2. The number of nitrogens with zero attached hydrogens (tertiary/aromatic N) is 1. The van der Waals surface area contributed by atoms with Crippen LogP contribution in [0.3, 0.4) is 0 Å². The Kier molecular flexibility index (Phi) is 8.10. The predicted octanol–water partition coefficient (Wildman–Crippen LogP) is 16.9. The molecular formula is C61H41NO2. The molecular weight excluding hydrogens is 779 g/mol. The third-order valence-corrected chi connectivity index (χ3v) is 13.7. The Hall–Kier alpha value is -8.14. The van der Waals surface area contributed by atoms with Gasteiger partial charge in [-0.1, -0.05) is 170 Å². The molecule has 64 heavy (non-hydrogen) atoms. The summed E-state index contributed by atoms with van der Waals surface area (Å²) in [6.45, 7) is 6.81. The first kappa shape index (κ1) is 36.5. The Labute approximate surface area is 370 Å². The van der Waals surface area contributed by atoms with Crippen molar-refractivity contribution in [2.45, 2.75) is 19.3 Å². The zero-order chi connectivity index (χ0) is 42.5. The summed E-state index contributed by atoms with van der Waals surface area (Å²) in [5.74, 6) is 0.373. The summed E-state index contributed by atoms with van der Waals surface area (Å²) in [4.78, 5) is 0. The van der Waals surface area contributed by atoms with Gasteiger partial charge in [0, 0.05) is 60.9 Å². The van der Waals surface area contributed by atoms with Crippen molar-refractivity contribution in [3.8, 4) is 39.1 Å². The first-order valence-corrected chi connectivity index (χ1v) is 22.1. The molecule has 2 aliphatic rings. The van der Waals surface area contributed by atoms with E-state index in [0.29, 0.717) is 5.92 Å². The van der Waals surface area contributed by atoms with Gasteiger partial charge in [0.1, 0.15) is 22.3 Å². The number of benzene rings is 8. The monoisotopic (exact) mass is 819 g/mol. The van der Waals surface area contributed by atoms with Gasteiger partial charge in [-0.2, -0.15) is 0 Å². The van der Waals surface area contributed by atoms with Crippen molar-refractivity contribution in [1.82, 2.24) is 4.57 Å². The molecule has 0 fully saturated rings. The molecule has 302 valence electrons. The highest BCUT2D eigenvalue weighted by atomic mass is 16.3. The number of fused-ring (bicyclic) bond motifs is 13. The van der Waals surface area contributed by atoms with Crippen molar-refractivity contribution in [3.63, 3.8) is 0 Å². The highest BCUT2D eigenvalue weighted by Gasteiger charge is 2.29. The molecule has 0 aliphatic heterocycles. The topological polar surface area (TPSA) is 31.2 Å². The zero-order valence-electron chi connectivity index (χ0n) is 35.3. The molecule has 11 aromatic rings. The second-order valence-corrected chi connectivity index (χ2v) is 17.2. The van der Waals surface area contributed by atoms with Gasteiger partial charge in [-0.15, -0.1) is 0 Å². The average Bonchev–Trinajstić information content (AvgIpc) is 4.02. The molecule has 3 nitrogen and oxygen atoms in total. The SMILES string of the molecule is C=C(/C=C\c1c(C)n(-c2cccc(-c3ccc4c(c3)-c3ccccc3C3=CC=CCC34)c2)c2cc(-c3cccc4c3oc3ccccc34)ccc12)c1cccc2c1oc1ccccc12. The van der Waals surface area contributed by atoms with Gasteiger partial charge in [0.05, 0.1) is 5.52 Å². The molecule has 0 spiro atoms. The van der Waals surface area contributed by atoms with E-state index in [4.69, 9.17) is 8.83 Å². The molecule has 0 saturated heterocycles. The highest BCUT2D eigenvalue weighted by Crippen LogP contribution is 2.50. The lowest BCUT2D eigenvalue weighted by molar-refractivity contribution is 0.668. The van der Waals surface area contributed by atoms with Crippen LogP contribution < -0.4 is 0 Å². The largest absolute Gasteiger partial charge is 0.455 e. The summed E-state index contributed by atoms with van der Waals surface area (Å²) in [5, 5.41) is 5.61. The number of rotatable bonds is 6. The second-order valence-electron chi connectivity index (χ2n) is 17.2. The summed E-state index contributed by atoms with van der Waals surface area (Å²) in [5.41, 5.74) is 21.3. The summed E-state index contributed by atoms with van der Waals surface area (Å²) < 4.78 is 15.4. The predicted molar refractivity (Wildman–Crippen MR) is 268 cm³/mol. The Morgan fingerprint density at radius 3 is 2.09 bits per heavy atom. The fourth-order valence-electron chi connectivity index (χ4n) is 10.7. The fraction of sp³-hybridized carbons (Fsp3) is 0.0492. The van der Waals surface area contributed by atoms with Crippen molar-refractivity contribution in [1.29, 1.82) is 0 Å². The first-order chi connectivity index (χ1) is 31.6. The number of hydrogen-bond acceptors (Lipinski definition) is 2. The zero-order valence-corrected chi connectivity index (χ0v) is 35.3. The molecule has 1 atom stereocenters. The Morgan fingerprint density at radius 2 is 1.25 bits per heavy atom. The van der Waals surface area contributed by atoms with E-state index >= 15 is 0 Å². The second kappa shape index (κ2) is 14.2. The van der Waals surface area contributed by atoms with Crippen LogP contribution in [0.25, 0.3) is 111 Å². The molecule has 1 unspecified atom stereocenters. The van der Waals surface area contributed by atoms with E-state index in [-0.39, 0.29) is 0 Å². The molecule has 8 aromatic carbocycles. The Bertz CT molecular complexity index is 3860. The van der Waals surface area contributed by atoms with Crippen LogP contribution in [0.2, 0.25) is 0 Å². The lowest BCUT2D eigenvalue weighted by atomic mass is 9.72. The van der Waals surface area contributed by atoms with Gasteiger partial charge in [0.2, 0.25) is 0 Å². The quantitative estimate of drug-likeness (QED) is 0.157. The Balaban J connectivity index is 0.963. The summed E-state index contributed by atoms with van der Waals surface area (Å²) >= 11 is 0. The van der Waals surface area contributed by atoms with E-state index in [9.17, 15) is 0 Å². The molecule has 0 bridgehead atoms. The van der Waals surface area contributed by atoms with Crippen molar-refractivity contribution in [2.75, 3.05) is 0 Å². The normalized spacial score (nSPS) is 14.5. The van der Waals surface area contributed by atoms with E-state index in [1.165, 1.54) is 39.0 Å². The lowest BCUT2D eigenvalue weighted by Crippen LogP contribution is -2.11. The van der Waals surface area contributed by atoms with Crippen LogP contribution in [-0.2, 0) is 0 Å². The van der Waals surface area contributed by atoms with Crippen molar-refractivity contribution < 1.29 is 8.83 Å². The van der Waals surface area contributed by atoms with E-state index in [2.05, 4.69) is 194 Å². The molecule has 0 saturated carbocycles. The average molecular weight is 820 g/mol. The molecule has 3 heterocycles. The third-order valence-electron chi connectivity index (χ3n) is 13.7. The van der Waals surface area contributed by atoms with Crippen molar-refractivity contribution in [3.05, 3.63) is 229 Å². The standard InChI is InChI=1S/C61H41NO2/c1-37(43-22-12-24-54-52-20-7-9-26-58(52)63-60(43)54)28-31-44-38(2)62(57-36-41(30-33-51(44)57)45-23-13-25-55-53-21-8-10-27-59(53)64-61(45)55)42-15-11-14-39(34-42)40-29-32-50-48-18-4-3-16-46(48)47-17-5-6-19-49(47)56(50)35-40/h3-17,19-36,48H,1,18H2,2H3/b31-28-. The maximum absolute atomic E-state index is 6.56. The van der Waals surface area contributed by atoms with Gasteiger partial charge in [0.25, 0.3) is 0 Å². The number of para-hydroxylation sites is 4. The third kappa shape index (κ3) is 5.54. The first-order valence-electron chi connectivity index (χ1n) is 22.1. The molecule has 3 aromatic heterocycles. The lowest BCUT2D eigenvalue weighted by Gasteiger charge is -2.32. The maximum atomic E-state index is 6.56. The maximum Gasteiger partial charge on any atom is 0.143 e. The molecule has 0 N–H and O–H groups in total. The number of aromatic nitrogens is 1. The van der Waals surface area contributed by atoms with Crippen molar-refractivity contribution in [2.24, 2.45) is 0 Å². The van der Waals surface area contributed by atoms with Crippen molar-refractivity contribution >= 4 is 72.0 Å². The van der Waals surface area contributed by atoms with Crippen LogP contribution in [0.15, 0.2) is 210 Å². The molecule has 3 heteroatoms. The highest BCUT2D eigenvalue weighted by molar-refractivity contribution is 6.11. The van der Waals surface area contributed by atoms with E-state index < -0.39 is 0 Å². The minimum absolute atomic E-state index is 0.373. The minimum atomic E-state index is 0.373. The number of hydrogen-bond donors (Lipinski definition) is 0.